The summed E-state index contributed by atoms with van der Waals surface area (Å²) in [5, 5.41) is 12.4. The highest BCUT2D eigenvalue weighted by Crippen LogP contribution is 2.33. The standard InChI is InChI=1S/C16H20BrNO3/c1-10-4-3-5-16(9-10,15(20)21)18-14(19)12-6-11(2)7-13(17)8-12/h6-8,10H,3-5,9H2,1-2H3,(H,18,19)(H,20,21). The van der Waals surface area contributed by atoms with Crippen LogP contribution in [-0.4, -0.2) is 22.5 Å². The normalized spacial score (nSPS) is 25.4. The number of halogens is 1. The number of hydrogen-bond donors (Lipinski definition) is 2. The van der Waals surface area contributed by atoms with E-state index in [1.165, 1.54) is 0 Å². The second-order valence-corrected chi connectivity index (χ2v) is 6.98. The number of carbonyl (C=O) groups excluding carboxylic acids is 1. The molecule has 2 atom stereocenters. The van der Waals surface area contributed by atoms with E-state index in [9.17, 15) is 14.7 Å². The lowest BCUT2D eigenvalue weighted by Crippen LogP contribution is -2.56. The lowest BCUT2D eigenvalue weighted by molar-refractivity contribution is -0.146. The summed E-state index contributed by atoms with van der Waals surface area (Å²) >= 11 is 3.36. The Bertz CT molecular complexity index is 552. The van der Waals surface area contributed by atoms with Gasteiger partial charge in [-0.2, -0.15) is 0 Å². The van der Waals surface area contributed by atoms with E-state index in [1.54, 1.807) is 12.1 Å². The molecule has 1 aromatic carbocycles. The van der Waals surface area contributed by atoms with E-state index >= 15 is 0 Å². The van der Waals surface area contributed by atoms with Gasteiger partial charge in [0.25, 0.3) is 5.91 Å². The van der Waals surface area contributed by atoms with Crippen LogP contribution in [0, 0.1) is 12.8 Å². The fourth-order valence-corrected chi connectivity index (χ4v) is 3.68. The van der Waals surface area contributed by atoms with Crippen LogP contribution in [0.15, 0.2) is 22.7 Å². The molecule has 1 fully saturated rings. The van der Waals surface area contributed by atoms with E-state index in [0.29, 0.717) is 24.3 Å². The van der Waals surface area contributed by atoms with E-state index in [-0.39, 0.29) is 5.91 Å². The highest BCUT2D eigenvalue weighted by atomic mass is 79.9. The van der Waals surface area contributed by atoms with Gasteiger partial charge in [-0.25, -0.2) is 4.79 Å². The molecule has 1 aromatic rings. The van der Waals surface area contributed by atoms with E-state index in [0.717, 1.165) is 22.9 Å². The van der Waals surface area contributed by atoms with Gasteiger partial charge in [-0.1, -0.05) is 35.7 Å². The second-order valence-electron chi connectivity index (χ2n) is 6.06. The van der Waals surface area contributed by atoms with Gasteiger partial charge >= 0.3 is 5.97 Å². The maximum absolute atomic E-state index is 12.4. The average molecular weight is 354 g/mol. The summed E-state index contributed by atoms with van der Waals surface area (Å²) in [6, 6.07) is 5.39. The van der Waals surface area contributed by atoms with Gasteiger partial charge < -0.3 is 10.4 Å². The summed E-state index contributed by atoms with van der Waals surface area (Å²) in [5.74, 6) is -0.954. The molecule has 0 heterocycles. The van der Waals surface area contributed by atoms with Crippen molar-refractivity contribution in [2.24, 2.45) is 5.92 Å². The third kappa shape index (κ3) is 3.64. The first-order valence-electron chi connectivity index (χ1n) is 7.15. The Kier molecular flexibility index (Phi) is 4.71. The molecule has 4 nitrogen and oxygen atoms in total. The zero-order chi connectivity index (χ0) is 15.6. The number of aryl methyl sites for hydroxylation is 1. The van der Waals surface area contributed by atoms with Gasteiger partial charge in [-0.3, -0.25) is 4.79 Å². The van der Waals surface area contributed by atoms with Crippen LogP contribution in [0.5, 0.6) is 0 Å². The van der Waals surface area contributed by atoms with Crippen molar-refractivity contribution in [3.05, 3.63) is 33.8 Å². The predicted molar refractivity (Wildman–Crippen MR) is 84.3 cm³/mol. The molecule has 0 aliphatic heterocycles. The molecule has 0 radical (unpaired) electrons. The van der Waals surface area contributed by atoms with E-state index in [2.05, 4.69) is 21.2 Å². The topological polar surface area (TPSA) is 66.4 Å². The zero-order valence-electron chi connectivity index (χ0n) is 12.3. The highest BCUT2D eigenvalue weighted by molar-refractivity contribution is 9.10. The Balaban J connectivity index is 2.24. The van der Waals surface area contributed by atoms with Gasteiger partial charge in [0.1, 0.15) is 5.54 Å². The molecule has 21 heavy (non-hydrogen) atoms. The van der Waals surface area contributed by atoms with Gasteiger partial charge in [-0.05, 0) is 49.4 Å². The minimum atomic E-state index is -1.13. The Labute approximate surface area is 133 Å². The summed E-state index contributed by atoms with van der Waals surface area (Å²) in [5.41, 5.74) is 0.307. The van der Waals surface area contributed by atoms with Gasteiger partial charge in [-0.15, -0.1) is 0 Å². The molecule has 0 aromatic heterocycles. The van der Waals surface area contributed by atoms with Crippen LogP contribution >= 0.6 is 15.9 Å². The van der Waals surface area contributed by atoms with Crippen molar-refractivity contribution >= 4 is 27.8 Å². The monoisotopic (exact) mass is 353 g/mol. The summed E-state index contributed by atoms with van der Waals surface area (Å²) in [4.78, 5) is 24.1. The van der Waals surface area contributed by atoms with Crippen molar-refractivity contribution < 1.29 is 14.7 Å². The molecule has 2 N–H and O–H groups in total. The summed E-state index contributed by atoms with van der Waals surface area (Å²) < 4.78 is 0.814. The minimum absolute atomic E-state index is 0.305. The molecule has 0 bridgehead atoms. The predicted octanol–water partition coefficient (Wildman–Crippen LogP) is 3.52. The Morgan fingerprint density at radius 3 is 2.67 bits per heavy atom. The molecule has 1 aliphatic rings. The summed E-state index contributed by atoms with van der Waals surface area (Å²) in [6.07, 6.45) is 2.82. The van der Waals surface area contributed by atoms with Crippen LogP contribution in [0.25, 0.3) is 0 Å². The molecule has 1 saturated carbocycles. The smallest absolute Gasteiger partial charge is 0.329 e. The first-order chi connectivity index (χ1) is 9.82. The summed E-state index contributed by atoms with van der Waals surface area (Å²) in [6.45, 7) is 3.93. The molecule has 0 saturated heterocycles. The van der Waals surface area contributed by atoms with Crippen molar-refractivity contribution in [3.63, 3.8) is 0 Å². The molecule has 114 valence electrons. The third-order valence-electron chi connectivity index (χ3n) is 4.06. The van der Waals surface area contributed by atoms with Crippen LogP contribution in [0.1, 0.15) is 48.5 Å². The van der Waals surface area contributed by atoms with Crippen LogP contribution in [0.3, 0.4) is 0 Å². The molecule has 1 aliphatic carbocycles. The van der Waals surface area contributed by atoms with Crippen LogP contribution < -0.4 is 5.32 Å². The van der Waals surface area contributed by atoms with Crippen molar-refractivity contribution in [3.8, 4) is 0 Å². The maximum atomic E-state index is 12.4. The number of hydrogen-bond acceptors (Lipinski definition) is 2. The molecular formula is C16H20BrNO3. The van der Waals surface area contributed by atoms with Crippen molar-refractivity contribution in [1.82, 2.24) is 5.32 Å². The molecule has 2 rings (SSSR count). The van der Waals surface area contributed by atoms with Crippen molar-refractivity contribution in [2.45, 2.75) is 45.1 Å². The minimum Gasteiger partial charge on any atom is -0.480 e. The highest BCUT2D eigenvalue weighted by Gasteiger charge is 2.43. The lowest BCUT2D eigenvalue weighted by Gasteiger charge is -2.37. The number of nitrogens with one attached hydrogen (secondary N) is 1. The SMILES string of the molecule is Cc1cc(Br)cc(C(=O)NC2(C(=O)O)CCCC(C)C2)c1. The van der Waals surface area contributed by atoms with Gasteiger partial charge in [0, 0.05) is 10.0 Å². The van der Waals surface area contributed by atoms with Gasteiger partial charge in [0.05, 0.1) is 0 Å². The number of rotatable bonds is 3. The fraction of sp³-hybridized carbons (Fsp3) is 0.500. The van der Waals surface area contributed by atoms with E-state index in [1.807, 2.05) is 19.9 Å². The summed E-state index contributed by atoms with van der Waals surface area (Å²) in [7, 11) is 0. The first-order valence-corrected chi connectivity index (χ1v) is 7.95. The number of carbonyl (C=O) groups is 2. The molecule has 5 heteroatoms. The number of carboxylic acid groups (broad SMARTS) is 1. The van der Waals surface area contributed by atoms with Gasteiger partial charge in [0.15, 0.2) is 0 Å². The Morgan fingerprint density at radius 2 is 2.10 bits per heavy atom. The number of amides is 1. The second kappa shape index (κ2) is 6.18. The molecular weight excluding hydrogens is 334 g/mol. The maximum Gasteiger partial charge on any atom is 0.329 e. The number of carboxylic acids is 1. The zero-order valence-corrected chi connectivity index (χ0v) is 13.9. The van der Waals surface area contributed by atoms with Crippen molar-refractivity contribution in [1.29, 1.82) is 0 Å². The molecule has 0 spiro atoms. The van der Waals surface area contributed by atoms with Crippen LogP contribution in [0.4, 0.5) is 0 Å². The van der Waals surface area contributed by atoms with E-state index in [4.69, 9.17) is 0 Å². The Morgan fingerprint density at radius 1 is 1.38 bits per heavy atom. The number of benzene rings is 1. The van der Waals surface area contributed by atoms with Crippen LogP contribution in [-0.2, 0) is 4.79 Å². The third-order valence-corrected chi connectivity index (χ3v) is 4.52. The average Bonchev–Trinajstić information content (AvgIpc) is 2.37. The first kappa shape index (κ1) is 16.0. The van der Waals surface area contributed by atoms with Gasteiger partial charge in [0.2, 0.25) is 0 Å². The number of aliphatic carboxylic acids is 1. The van der Waals surface area contributed by atoms with Crippen LogP contribution in [0.2, 0.25) is 0 Å². The molecule has 2 unspecified atom stereocenters. The van der Waals surface area contributed by atoms with E-state index < -0.39 is 11.5 Å². The largest absolute Gasteiger partial charge is 0.480 e. The molecule has 1 amide bonds. The van der Waals surface area contributed by atoms with Crippen molar-refractivity contribution in [2.75, 3.05) is 0 Å². The lowest BCUT2D eigenvalue weighted by atomic mass is 9.76. The quantitative estimate of drug-likeness (QED) is 0.873. The fourth-order valence-electron chi connectivity index (χ4n) is 3.07. The Hall–Kier alpha value is -1.36.